The number of fused-ring (bicyclic) bond motifs is 3. The molecular weight excluding hydrogens is 218 g/mol. The number of nitrogens with one attached hydrogen (secondary N) is 2. The number of hydrogen-bond acceptors (Lipinski definition) is 3. The third-order valence-corrected chi connectivity index (χ3v) is 2.85. The largest absolute Gasteiger partial charge is 0.355 e. The van der Waals surface area contributed by atoms with E-state index < -0.39 is 0 Å². The fourth-order valence-corrected chi connectivity index (χ4v) is 2.04. The van der Waals surface area contributed by atoms with Gasteiger partial charge in [0.15, 0.2) is 0 Å². The van der Waals surface area contributed by atoms with Gasteiger partial charge in [-0.3, -0.25) is 4.79 Å². The molecule has 1 amide bonds. The van der Waals surface area contributed by atoms with E-state index in [4.69, 9.17) is 0 Å². The number of aromatic nitrogens is 4. The number of rotatable bonds is 1. The highest BCUT2D eigenvalue weighted by Gasteiger charge is 2.16. The summed E-state index contributed by atoms with van der Waals surface area (Å²) in [5.41, 5.74) is 2.98. The standard InChI is InChI=1S/C11H11N5O/c1-12-11(17)6-3-13-10-8(6)9-7(4-14-10)15-5-16(9)2/h3-5H,1-2H3,(H,12,17)(H,13,14). The SMILES string of the molecule is CNC(=O)c1c[nH]c2ncc3ncn(C)c3c12. The first kappa shape index (κ1) is 9.83. The minimum absolute atomic E-state index is 0.133. The average Bonchev–Trinajstić information content (AvgIpc) is 2.91. The van der Waals surface area contributed by atoms with Crippen LogP contribution in [0.5, 0.6) is 0 Å². The molecular formula is C11H11N5O. The second kappa shape index (κ2) is 3.31. The molecule has 0 unspecified atom stereocenters. The molecule has 0 aliphatic rings. The molecule has 17 heavy (non-hydrogen) atoms. The first-order valence-corrected chi connectivity index (χ1v) is 5.21. The monoisotopic (exact) mass is 229 g/mol. The number of imidazole rings is 1. The zero-order valence-corrected chi connectivity index (χ0v) is 9.48. The second-order valence-electron chi connectivity index (χ2n) is 3.85. The summed E-state index contributed by atoms with van der Waals surface area (Å²) in [6.07, 6.45) is 5.08. The second-order valence-corrected chi connectivity index (χ2v) is 3.85. The number of carbonyl (C=O) groups excluding carboxylic acids is 1. The van der Waals surface area contributed by atoms with Crippen LogP contribution >= 0.6 is 0 Å². The number of pyridine rings is 1. The van der Waals surface area contributed by atoms with Crippen LogP contribution in [0, 0.1) is 0 Å². The van der Waals surface area contributed by atoms with Crippen LogP contribution in [-0.4, -0.2) is 32.5 Å². The van der Waals surface area contributed by atoms with Gasteiger partial charge < -0.3 is 14.9 Å². The summed E-state index contributed by atoms with van der Waals surface area (Å²) in [4.78, 5) is 23.3. The molecule has 0 aliphatic heterocycles. The van der Waals surface area contributed by atoms with Crippen molar-refractivity contribution < 1.29 is 4.79 Å². The molecule has 0 spiro atoms. The molecule has 3 aromatic rings. The van der Waals surface area contributed by atoms with Crippen molar-refractivity contribution in [3.8, 4) is 0 Å². The molecule has 86 valence electrons. The van der Waals surface area contributed by atoms with E-state index in [1.807, 2.05) is 11.6 Å². The number of aryl methyl sites for hydroxylation is 1. The summed E-state index contributed by atoms with van der Waals surface area (Å²) in [6, 6.07) is 0. The summed E-state index contributed by atoms with van der Waals surface area (Å²) < 4.78 is 1.89. The lowest BCUT2D eigenvalue weighted by molar-refractivity contribution is 0.0965. The zero-order valence-electron chi connectivity index (χ0n) is 9.48. The lowest BCUT2D eigenvalue weighted by Gasteiger charge is -2.00. The maximum absolute atomic E-state index is 11.8. The Kier molecular flexibility index (Phi) is 1.91. The third-order valence-electron chi connectivity index (χ3n) is 2.85. The highest BCUT2D eigenvalue weighted by Crippen LogP contribution is 2.25. The van der Waals surface area contributed by atoms with Gasteiger partial charge in [-0.1, -0.05) is 0 Å². The molecule has 2 N–H and O–H groups in total. The molecule has 0 aliphatic carbocycles. The molecule has 0 fully saturated rings. The van der Waals surface area contributed by atoms with Crippen LogP contribution in [-0.2, 0) is 7.05 Å². The van der Waals surface area contributed by atoms with E-state index in [-0.39, 0.29) is 5.91 Å². The lowest BCUT2D eigenvalue weighted by atomic mass is 10.2. The van der Waals surface area contributed by atoms with Gasteiger partial charge in [0.25, 0.3) is 5.91 Å². The van der Waals surface area contributed by atoms with Crippen LogP contribution in [0.25, 0.3) is 22.1 Å². The van der Waals surface area contributed by atoms with Crippen molar-refractivity contribution in [3.05, 3.63) is 24.3 Å². The Bertz CT molecular complexity index is 724. The van der Waals surface area contributed by atoms with Crippen molar-refractivity contribution in [2.75, 3.05) is 7.05 Å². The van der Waals surface area contributed by atoms with E-state index in [2.05, 4.69) is 20.3 Å². The van der Waals surface area contributed by atoms with E-state index >= 15 is 0 Å². The fourth-order valence-electron chi connectivity index (χ4n) is 2.04. The van der Waals surface area contributed by atoms with Gasteiger partial charge in [0.05, 0.1) is 29.0 Å². The Morgan fingerprint density at radius 3 is 3.06 bits per heavy atom. The predicted octanol–water partition coefficient (Wildman–Crippen LogP) is 0.809. The highest BCUT2D eigenvalue weighted by molar-refractivity contribution is 6.14. The number of hydrogen-bond donors (Lipinski definition) is 2. The van der Waals surface area contributed by atoms with Gasteiger partial charge in [0.1, 0.15) is 11.2 Å². The molecule has 3 heterocycles. The van der Waals surface area contributed by atoms with Crippen LogP contribution in [0.2, 0.25) is 0 Å². The molecule has 3 aromatic heterocycles. The number of carbonyl (C=O) groups is 1. The molecule has 6 heteroatoms. The van der Waals surface area contributed by atoms with Crippen molar-refractivity contribution in [1.29, 1.82) is 0 Å². The lowest BCUT2D eigenvalue weighted by Crippen LogP contribution is -2.17. The van der Waals surface area contributed by atoms with Crippen LogP contribution in [0.15, 0.2) is 18.7 Å². The van der Waals surface area contributed by atoms with E-state index in [1.165, 1.54) is 0 Å². The maximum atomic E-state index is 11.8. The fraction of sp³-hybridized carbons (Fsp3) is 0.182. The summed E-state index contributed by atoms with van der Waals surface area (Å²) in [5, 5.41) is 3.43. The van der Waals surface area contributed by atoms with Gasteiger partial charge in [-0.2, -0.15) is 0 Å². The summed E-state index contributed by atoms with van der Waals surface area (Å²) in [7, 11) is 3.51. The predicted molar refractivity (Wildman–Crippen MR) is 63.8 cm³/mol. The van der Waals surface area contributed by atoms with Gasteiger partial charge in [0, 0.05) is 20.3 Å². The van der Waals surface area contributed by atoms with Gasteiger partial charge in [-0.15, -0.1) is 0 Å². The van der Waals surface area contributed by atoms with Crippen molar-refractivity contribution in [3.63, 3.8) is 0 Å². The van der Waals surface area contributed by atoms with E-state index in [0.717, 1.165) is 16.4 Å². The van der Waals surface area contributed by atoms with Crippen molar-refractivity contribution in [1.82, 2.24) is 24.8 Å². The Hall–Kier alpha value is -2.37. The molecule has 3 rings (SSSR count). The van der Waals surface area contributed by atoms with Crippen molar-refractivity contribution in [2.24, 2.45) is 7.05 Å². The molecule has 0 saturated carbocycles. The third kappa shape index (κ3) is 1.24. The first-order chi connectivity index (χ1) is 8.22. The summed E-state index contributed by atoms with van der Waals surface area (Å²) in [5.74, 6) is -0.133. The van der Waals surface area contributed by atoms with Crippen molar-refractivity contribution >= 4 is 28.0 Å². The molecule has 6 nitrogen and oxygen atoms in total. The number of aromatic amines is 1. The van der Waals surface area contributed by atoms with Crippen LogP contribution < -0.4 is 5.32 Å². The van der Waals surface area contributed by atoms with Gasteiger partial charge in [0.2, 0.25) is 0 Å². The van der Waals surface area contributed by atoms with Crippen LogP contribution in [0.1, 0.15) is 10.4 Å². The van der Waals surface area contributed by atoms with Crippen molar-refractivity contribution in [2.45, 2.75) is 0 Å². The molecule has 0 radical (unpaired) electrons. The Labute approximate surface area is 96.7 Å². The number of nitrogens with zero attached hydrogens (tertiary/aromatic N) is 3. The Morgan fingerprint density at radius 2 is 2.29 bits per heavy atom. The van der Waals surface area contributed by atoms with Gasteiger partial charge in [-0.05, 0) is 0 Å². The average molecular weight is 229 g/mol. The molecule has 0 saturated heterocycles. The molecule has 0 aromatic carbocycles. The maximum Gasteiger partial charge on any atom is 0.253 e. The highest BCUT2D eigenvalue weighted by atomic mass is 16.1. The van der Waals surface area contributed by atoms with Crippen LogP contribution in [0.4, 0.5) is 0 Å². The smallest absolute Gasteiger partial charge is 0.253 e. The van der Waals surface area contributed by atoms with Crippen LogP contribution in [0.3, 0.4) is 0 Å². The summed E-state index contributed by atoms with van der Waals surface area (Å²) >= 11 is 0. The summed E-state index contributed by atoms with van der Waals surface area (Å²) in [6.45, 7) is 0. The van der Waals surface area contributed by atoms with E-state index in [1.54, 1.807) is 25.8 Å². The Morgan fingerprint density at radius 1 is 1.47 bits per heavy atom. The van der Waals surface area contributed by atoms with Gasteiger partial charge in [-0.25, -0.2) is 9.97 Å². The zero-order chi connectivity index (χ0) is 12.0. The molecule has 0 bridgehead atoms. The minimum atomic E-state index is -0.133. The Balaban J connectivity index is 2.49. The quantitative estimate of drug-likeness (QED) is 0.648. The topological polar surface area (TPSA) is 75.6 Å². The minimum Gasteiger partial charge on any atom is -0.355 e. The molecule has 0 atom stereocenters. The van der Waals surface area contributed by atoms with Gasteiger partial charge >= 0.3 is 0 Å². The van der Waals surface area contributed by atoms with E-state index in [0.29, 0.717) is 11.2 Å². The van der Waals surface area contributed by atoms with E-state index in [9.17, 15) is 4.79 Å². The first-order valence-electron chi connectivity index (χ1n) is 5.21. The normalized spacial score (nSPS) is 11.2. The number of H-pyrrole nitrogens is 1. The number of amides is 1.